The highest BCUT2D eigenvalue weighted by Gasteiger charge is 2.31. The molecule has 0 bridgehead atoms. The maximum absolute atomic E-state index is 13.1. The first-order chi connectivity index (χ1) is 13.8. The van der Waals surface area contributed by atoms with E-state index in [9.17, 15) is 31.5 Å². The Labute approximate surface area is 171 Å². The zero-order chi connectivity index (χ0) is 22.4. The summed E-state index contributed by atoms with van der Waals surface area (Å²) in [7, 11) is -3.65. The highest BCUT2D eigenvalue weighted by atomic mass is 32.2. The van der Waals surface area contributed by atoms with Gasteiger partial charge >= 0.3 is 12.1 Å². The molecular formula is C21H18F3NO4S. The number of alkyl halides is 3. The zero-order valence-electron chi connectivity index (χ0n) is 16.3. The molecule has 1 aromatic heterocycles. The molecule has 9 heteroatoms. The molecule has 0 atom stereocenters. The summed E-state index contributed by atoms with van der Waals surface area (Å²) in [4.78, 5) is 16.3. The molecule has 0 saturated heterocycles. The summed E-state index contributed by atoms with van der Waals surface area (Å²) < 4.78 is 64.3. The van der Waals surface area contributed by atoms with Crippen molar-refractivity contribution in [2.45, 2.75) is 37.1 Å². The standard InChI is InChI=1S/C21H18F3NO4S/c1-11(2)30(28,29)15-7-8-17-16(10-15)18(20(26)27)12(3)19(25-17)13-5-4-6-14(9-13)21(22,23)24/h4-11H,1-3H3,(H,26,27). The van der Waals surface area contributed by atoms with E-state index in [1.54, 1.807) is 0 Å². The Morgan fingerprint density at radius 1 is 1.10 bits per heavy atom. The molecule has 3 aromatic rings. The van der Waals surface area contributed by atoms with Gasteiger partial charge in [-0.2, -0.15) is 13.2 Å². The quantitative estimate of drug-likeness (QED) is 0.613. The van der Waals surface area contributed by atoms with Crippen LogP contribution >= 0.6 is 0 Å². The molecule has 158 valence electrons. The SMILES string of the molecule is Cc1c(-c2cccc(C(F)(F)F)c2)nc2ccc(S(=O)(=O)C(C)C)cc2c1C(=O)O. The second kappa shape index (κ2) is 7.39. The fourth-order valence-corrected chi connectivity index (χ4v) is 4.27. The van der Waals surface area contributed by atoms with Gasteiger partial charge in [0.05, 0.1) is 32.5 Å². The number of halogens is 3. The summed E-state index contributed by atoms with van der Waals surface area (Å²) >= 11 is 0. The lowest BCUT2D eigenvalue weighted by Crippen LogP contribution is -2.14. The van der Waals surface area contributed by atoms with Crippen LogP contribution in [-0.4, -0.2) is 29.7 Å². The van der Waals surface area contributed by atoms with Gasteiger partial charge in [-0.25, -0.2) is 18.2 Å². The Morgan fingerprint density at radius 2 is 1.77 bits per heavy atom. The number of aromatic carboxylic acids is 1. The van der Waals surface area contributed by atoms with Gasteiger partial charge in [0.15, 0.2) is 9.84 Å². The van der Waals surface area contributed by atoms with E-state index in [-0.39, 0.29) is 38.2 Å². The number of nitrogens with zero attached hydrogens (tertiary/aromatic N) is 1. The number of carbonyl (C=O) groups is 1. The van der Waals surface area contributed by atoms with E-state index in [2.05, 4.69) is 4.98 Å². The Kier molecular flexibility index (Phi) is 5.36. The number of rotatable bonds is 4. The molecule has 0 spiro atoms. The Balaban J connectivity index is 2.33. The van der Waals surface area contributed by atoms with Gasteiger partial charge in [-0.15, -0.1) is 0 Å². The molecule has 0 unspecified atom stereocenters. The number of aromatic nitrogens is 1. The van der Waals surface area contributed by atoms with Crippen molar-refractivity contribution in [2.75, 3.05) is 0 Å². The second-order valence-electron chi connectivity index (χ2n) is 7.12. The van der Waals surface area contributed by atoms with E-state index >= 15 is 0 Å². The predicted molar refractivity (Wildman–Crippen MR) is 106 cm³/mol. The number of carboxylic acids is 1. The van der Waals surface area contributed by atoms with Crippen molar-refractivity contribution in [3.05, 3.63) is 59.2 Å². The molecule has 30 heavy (non-hydrogen) atoms. The van der Waals surface area contributed by atoms with Crippen molar-refractivity contribution in [3.63, 3.8) is 0 Å². The monoisotopic (exact) mass is 437 g/mol. The van der Waals surface area contributed by atoms with Crippen molar-refractivity contribution >= 4 is 26.7 Å². The van der Waals surface area contributed by atoms with Crippen LogP contribution in [0.1, 0.15) is 35.3 Å². The summed E-state index contributed by atoms with van der Waals surface area (Å²) in [6.45, 7) is 4.46. The smallest absolute Gasteiger partial charge is 0.416 e. The van der Waals surface area contributed by atoms with Gasteiger partial charge in [-0.05, 0) is 56.7 Å². The van der Waals surface area contributed by atoms with Crippen LogP contribution in [0.25, 0.3) is 22.2 Å². The topological polar surface area (TPSA) is 84.3 Å². The average Bonchev–Trinajstić information content (AvgIpc) is 2.66. The van der Waals surface area contributed by atoms with Gasteiger partial charge in [0.1, 0.15) is 0 Å². The molecule has 0 radical (unpaired) electrons. The van der Waals surface area contributed by atoms with Crippen molar-refractivity contribution in [1.29, 1.82) is 0 Å². The van der Waals surface area contributed by atoms with E-state index in [1.807, 2.05) is 0 Å². The summed E-state index contributed by atoms with van der Waals surface area (Å²) in [6.07, 6.45) is -4.56. The number of hydrogen-bond acceptors (Lipinski definition) is 4. The van der Waals surface area contributed by atoms with Gasteiger partial charge in [-0.3, -0.25) is 0 Å². The molecule has 5 nitrogen and oxygen atoms in total. The van der Waals surface area contributed by atoms with Gasteiger partial charge in [0, 0.05) is 10.9 Å². The first-order valence-electron chi connectivity index (χ1n) is 8.93. The molecule has 2 aromatic carbocycles. The lowest BCUT2D eigenvalue weighted by Gasteiger charge is -2.15. The molecule has 1 N–H and O–H groups in total. The van der Waals surface area contributed by atoms with E-state index in [0.717, 1.165) is 12.1 Å². The Morgan fingerprint density at radius 3 is 2.33 bits per heavy atom. The number of hydrogen-bond donors (Lipinski definition) is 1. The zero-order valence-corrected chi connectivity index (χ0v) is 17.1. The first kappa shape index (κ1) is 21.8. The molecule has 0 amide bonds. The molecule has 0 aliphatic heterocycles. The minimum absolute atomic E-state index is 0.0412. The van der Waals surface area contributed by atoms with Gasteiger partial charge < -0.3 is 5.11 Å². The van der Waals surface area contributed by atoms with E-state index < -0.39 is 32.8 Å². The normalized spacial score (nSPS) is 12.5. The Bertz CT molecular complexity index is 1270. The summed E-state index contributed by atoms with van der Waals surface area (Å²) in [5, 5.41) is 9.17. The summed E-state index contributed by atoms with van der Waals surface area (Å²) in [5.41, 5.74) is -0.553. The summed E-state index contributed by atoms with van der Waals surface area (Å²) in [6, 6.07) is 8.41. The number of carboxylic acid groups (broad SMARTS) is 1. The van der Waals surface area contributed by atoms with Crippen LogP contribution in [0.5, 0.6) is 0 Å². The number of fused-ring (bicyclic) bond motifs is 1. The maximum atomic E-state index is 13.1. The van der Waals surface area contributed by atoms with Gasteiger partial charge in [0.25, 0.3) is 0 Å². The van der Waals surface area contributed by atoms with E-state index in [0.29, 0.717) is 0 Å². The van der Waals surface area contributed by atoms with Gasteiger partial charge in [-0.1, -0.05) is 12.1 Å². The molecule has 0 aliphatic carbocycles. The van der Waals surface area contributed by atoms with E-state index in [4.69, 9.17) is 0 Å². The summed E-state index contributed by atoms with van der Waals surface area (Å²) in [5.74, 6) is -1.33. The molecule has 0 saturated carbocycles. The molecule has 0 aliphatic rings. The Hall–Kier alpha value is -2.94. The molecule has 0 fully saturated rings. The third kappa shape index (κ3) is 3.77. The fraction of sp³-hybridized carbons (Fsp3) is 0.238. The number of pyridine rings is 1. The van der Waals surface area contributed by atoms with Gasteiger partial charge in [0.2, 0.25) is 0 Å². The largest absolute Gasteiger partial charge is 0.478 e. The minimum Gasteiger partial charge on any atom is -0.478 e. The van der Waals surface area contributed by atoms with Crippen LogP contribution in [0, 0.1) is 6.92 Å². The van der Waals surface area contributed by atoms with Crippen LogP contribution in [-0.2, 0) is 16.0 Å². The average molecular weight is 437 g/mol. The molecular weight excluding hydrogens is 419 g/mol. The minimum atomic E-state index is -4.56. The van der Waals surface area contributed by atoms with Crippen molar-refractivity contribution in [3.8, 4) is 11.3 Å². The predicted octanol–water partition coefficient (Wildman–Crippen LogP) is 5.11. The second-order valence-corrected chi connectivity index (χ2v) is 9.62. The molecule has 1 heterocycles. The lowest BCUT2D eigenvalue weighted by molar-refractivity contribution is -0.137. The highest BCUT2D eigenvalue weighted by Crippen LogP contribution is 2.35. The van der Waals surface area contributed by atoms with Crippen molar-refractivity contribution < 1.29 is 31.5 Å². The van der Waals surface area contributed by atoms with Crippen LogP contribution in [0.3, 0.4) is 0 Å². The maximum Gasteiger partial charge on any atom is 0.416 e. The van der Waals surface area contributed by atoms with E-state index in [1.165, 1.54) is 51.1 Å². The molecule has 3 rings (SSSR count). The fourth-order valence-electron chi connectivity index (χ4n) is 3.19. The van der Waals surface area contributed by atoms with Crippen LogP contribution in [0.2, 0.25) is 0 Å². The van der Waals surface area contributed by atoms with Crippen LogP contribution < -0.4 is 0 Å². The van der Waals surface area contributed by atoms with Crippen LogP contribution in [0.4, 0.5) is 13.2 Å². The number of sulfone groups is 1. The third-order valence-electron chi connectivity index (χ3n) is 4.83. The first-order valence-corrected chi connectivity index (χ1v) is 10.5. The third-order valence-corrected chi connectivity index (χ3v) is 6.98. The van der Waals surface area contributed by atoms with Crippen molar-refractivity contribution in [2.24, 2.45) is 0 Å². The van der Waals surface area contributed by atoms with Crippen LogP contribution in [0.15, 0.2) is 47.4 Å². The van der Waals surface area contributed by atoms with Crippen molar-refractivity contribution in [1.82, 2.24) is 4.98 Å². The highest BCUT2D eigenvalue weighted by molar-refractivity contribution is 7.92. The number of benzene rings is 2. The lowest BCUT2D eigenvalue weighted by atomic mass is 9.97.